The number of amides is 1. The fourth-order valence-electron chi connectivity index (χ4n) is 3.03. The lowest BCUT2D eigenvalue weighted by Crippen LogP contribution is -2.20. The van der Waals surface area contributed by atoms with Crippen molar-refractivity contribution in [3.8, 4) is 11.5 Å². The Morgan fingerprint density at radius 1 is 1.15 bits per heavy atom. The van der Waals surface area contributed by atoms with Crippen molar-refractivity contribution in [3.63, 3.8) is 0 Å². The first-order valence-electron chi connectivity index (χ1n) is 8.64. The SMILES string of the molecule is Cc1c(CC(=O)Nc2ccc(C(C)C)cc2)c(=O)oc2cc(O)cc(O)c12. The number of aromatic hydroxyl groups is 2. The van der Waals surface area contributed by atoms with Crippen LogP contribution >= 0.6 is 0 Å². The van der Waals surface area contributed by atoms with Gasteiger partial charge in [-0.15, -0.1) is 0 Å². The van der Waals surface area contributed by atoms with Crippen LogP contribution in [0.2, 0.25) is 0 Å². The summed E-state index contributed by atoms with van der Waals surface area (Å²) in [4.78, 5) is 24.7. The lowest BCUT2D eigenvalue weighted by molar-refractivity contribution is -0.115. The van der Waals surface area contributed by atoms with E-state index in [0.717, 1.165) is 11.6 Å². The van der Waals surface area contributed by atoms with Crippen LogP contribution in [0.25, 0.3) is 11.0 Å². The summed E-state index contributed by atoms with van der Waals surface area (Å²) in [7, 11) is 0. The molecule has 1 aromatic heterocycles. The zero-order valence-electron chi connectivity index (χ0n) is 15.4. The van der Waals surface area contributed by atoms with Gasteiger partial charge in [-0.05, 0) is 36.1 Å². The molecule has 0 spiro atoms. The van der Waals surface area contributed by atoms with Gasteiger partial charge in [-0.25, -0.2) is 4.79 Å². The third-order valence-electron chi connectivity index (χ3n) is 4.54. The molecule has 6 nitrogen and oxygen atoms in total. The number of phenols is 2. The van der Waals surface area contributed by atoms with Crippen LogP contribution < -0.4 is 10.9 Å². The fraction of sp³-hybridized carbons (Fsp3) is 0.238. The molecule has 0 unspecified atom stereocenters. The quantitative estimate of drug-likeness (QED) is 0.609. The topological polar surface area (TPSA) is 99.8 Å². The maximum atomic E-state index is 12.4. The standard InChI is InChI=1S/C21H21NO5/c1-11(2)13-4-6-14(7-5-13)22-19(25)10-16-12(3)20-17(24)8-15(23)9-18(20)27-21(16)26/h4-9,11,23-24H,10H2,1-3H3,(H,22,25). The van der Waals surface area contributed by atoms with Crippen molar-refractivity contribution >= 4 is 22.6 Å². The number of fused-ring (bicyclic) bond motifs is 1. The summed E-state index contributed by atoms with van der Waals surface area (Å²) in [6.07, 6.45) is -0.184. The summed E-state index contributed by atoms with van der Waals surface area (Å²) in [5.41, 5.74) is 1.82. The third-order valence-corrected chi connectivity index (χ3v) is 4.54. The Hall–Kier alpha value is -3.28. The summed E-state index contributed by atoms with van der Waals surface area (Å²) in [5.74, 6) is -0.387. The largest absolute Gasteiger partial charge is 0.508 e. The van der Waals surface area contributed by atoms with Gasteiger partial charge < -0.3 is 19.9 Å². The number of anilines is 1. The summed E-state index contributed by atoms with van der Waals surface area (Å²) in [6.45, 7) is 5.81. The molecular formula is C21H21NO5. The van der Waals surface area contributed by atoms with Gasteiger partial charge in [0.15, 0.2) is 0 Å². The fourth-order valence-corrected chi connectivity index (χ4v) is 3.03. The Bertz CT molecular complexity index is 1060. The van der Waals surface area contributed by atoms with Gasteiger partial charge in [0.05, 0.1) is 17.4 Å². The molecule has 27 heavy (non-hydrogen) atoms. The van der Waals surface area contributed by atoms with Gasteiger partial charge in [-0.3, -0.25) is 4.79 Å². The number of benzene rings is 2. The van der Waals surface area contributed by atoms with E-state index < -0.39 is 5.63 Å². The molecule has 0 atom stereocenters. The molecule has 0 radical (unpaired) electrons. The van der Waals surface area contributed by atoms with Crippen LogP contribution in [0.4, 0.5) is 5.69 Å². The van der Waals surface area contributed by atoms with Gasteiger partial charge in [0.2, 0.25) is 5.91 Å². The first-order valence-corrected chi connectivity index (χ1v) is 8.64. The lowest BCUT2D eigenvalue weighted by Gasteiger charge is -2.11. The molecule has 2 aromatic carbocycles. The summed E-state index contributed by atoms with van der Waals surface area (Å²) in [6, 6.07) is 9.94. The van der Waals surface area contributed by atoms with Crippen LogP contribution in [0.1, 0.15) is 36.5 Å². The predicted molar refractivity (Wildman–Crippen MR) is 103 cm³/mol. The molecule has 0 aliphatic carbocycles. The van der Waals surface area contributed by atoms with Gasteiger partial charge in [-0.2, -0.15) is 0 Å². The van der Waals surface area contributed by atoms with Crippen LogP contribution in [0.15, 0.2) is 45.6 Å². The summed E-state index contributed by atoms with van der Waals surface area (Å²) < 4.78 is 5.17. The minimum atomic E-state index is -0.671. The average Bonchev–Trinajstić information content (AvgIpc) is 2.58. The van der Waals surface area contributed by atoms with Crippen LogP contribution in [0.5, 0.6) is 11.5 Å². The molecule has 3 N–H and O–H groups in total. The van der Waals surface area contributed by atoms with E-state index in [2.05, 4.69) is 19.2 Å². The first kappa shape index (κ1) is 18.5. The monoisotopic (exact) mass is 367 g/mol. The highest BCUT2D eigenvalue weighted by atomic mass is 16.4. The summed E-state index contributed by atoms with van der Waals surface area (Å²) in [5, 5.41) is 22.7. The van der Waals surface area contributed by atoms with Crippen molar-refractivity contribution in [2.45, 2.75) is 33.1 Å². The highest BCUT2D eigenvalue weighted by Crippen LogP contribution is 2.32. The maximum absolute atomic E-state index is 12.4. The van der Waals surface area contributed by atoms with E-state index in [4.69, 9.17) is 4.42 Å². The number of carbonyl (C=O) groups is 1. The van der Waals surface area contributed by atoms with Crippen LogP contribution in [0, 0.1) is 6.92 Å². The van der Waals surface area contributed by atoms with Crippen LogP contribution in [-0.4, -0.2) is 16.1 Å². The number of hydrogen-bond donors (Lipinski definition) is 3. The van der Waals surface area contributed by atoms with Crippen molar-refractivity contribution in [3.05, 3.63) is 63.5 Å². The Morgan fingerprint density at radius 2 is 1.81 bits per heavy atom. The van der Waals surface area contributed by atoms with Gasteiger partial charge in [0.1, 0.15) is 17.1 Å². The third kappa shape index (κ3) is 3.79. The average molecular weight is 367 g/mol. The number of hydrogen-bond acceptors (Lipinski definition) is 5. The number of rotatable bonds is 4. The van der Waals surface area contributed by atoms with Crippen molar-refractivity contribution in [2.75, 3.05) is 5.32 Å². The van der Waals surface area contributed by atoms with E-state index in [1.165, 1.54) is 6.07 Å². The summed E-state index contributed by atoms with van der Waals surface area (Å²) >= 11 is 0. The zero-order valence-corrected chi connectivity index (χ0v) is 15.4. The second-order valence-corrected chi connectivity index (χ2v) is 6.83. The Kier molecular flexibility index (Phi) is 4.90. The second-order valence-electron chi connectivity index (χ2n) is 6.83. The van der Waals surface area contributed by atoms with E-state index in [1.807, 2.05) is 24.3 Å². The molecule has 0 fully saturated rings. The van der Waals surface area contributed by atoms with Crippen molar-refractivity contribution in [1.82, 2.24) is 0 Å². The van der Waals surface area contributed by atoms with Crippen molar-refractivity contribution < 1.29 is 19.4 Å². The molecule has 0 saturated carbocycles. The predicted octanol–water partition coefficient (Wildman–Crippen LogP) is 3.82. The van der Waals surface area contributed by atoms with E-state index in [-0.39, 0.29) is 35.0 Å². The van der Waals surface area contributed by atoms with Gasteiger partial charge in [0, 0.05) is 17.8 Å². The molecule has 3 aromatic rings. The Labute approximate surface area is 156 Å². The molecule has 1 heterocycles. The van der Waals surface area contributed by atoms with E-state index in [9.17, 15) is 19.8 Å². The molecule has 3 rings (SSSR count). The first-order chi connectivity index (χ1) is 12.8. The molecule has 1 amide bonds. The van der Waals surface area contributed by atoms with Gasteiger partial charge >= 0.3 is 5.63 Å². The molecule has 0 aliphatic rings. The minimum Gasteiger partial charge on any atom is -0.508 e. The smallest absolute Gasteiger partial charge is 0.340 e. The Morgan fingerprint density at radius 3 is 2.44 bits per heavy atom. The van der Waals surface area contributed by atoms with Crippen molar-refractivity contribution in [1.29, 1.82) is 0 Å². The van der Waals surface area contributed by atoms with E-state index in [0.29, 0.717) is 22.6 Å². The van der Waals surface area contributed by atoms with E-state index >= 15 is 0 Å². The van der Waals surface area contributed by atoms with Crippen LogP contribution in [-0.2, 0) is 11.2 Å². The lowest BCUT2D eigenvalue weighted by atomic mass is 10.0. The zero-order chi connectivity index (χ0) is 19.7. The molecule has 0 aliphatic heterocycles. The highest BCUT2D eigenvalue weighted by molar-refractivity contribution is 5.94. The minimum absolute atomic E-state index is 0.0726. The molecule has 0 saturated heterocycles. The van der Waals surface area contributed by atoms with E-state index in [1.54, 1.807) is 6.92 Å². The number of phenolic OH excluding ortho intramolecular Hbond substituents is 2. The molecule has 0 bridgehead atoms. The second kappa shape index (κ2) is 7.15. The maximum Gasteiger partial charge on any atom is 0.340 e. The Balaban J connectivity index is 1.87. The molecule has 140 valence electrons. The molecular weight excluding hydrogens is 346 g/mol. The number of carbonyl (C=O) groups excluding carboxylic acids is 1. The van der Waals surface area contributed by atoms with Gasteiger partial charge in [0.25, 0.3) is 0 Å². The van der Waals surface area contributed by atoms with Gasteiger partial charge in [-0.1, -0.05) is 26.0 Å². The number of aryl methyl sites for hydroxylation is 1. The van der Waals surface area contributed by atoms with Crippen molar-refractivity contribution in [2.24, 2.45) is 0 Å². The molecule has 6 heteroatoms. The number of nitrogens with one attached hydrogen (secondary N) is 1. The highest BCUT2D eigenvalue weighted by Gasteiger charge is 2.18. The van der Waals surface area contributed by atoms with Crippen LogP contribution in [0.3, 0.4) is 0 Å². The normalized spacial score (nSPS) is 11.1.